The van der Waals surface area contributed by atoms with Crippen molar-refractivity contribution in [3.05, 3.63) is 36.5 Å². The fraction of sp³-hybridized carbons (Fsp3) is 0.333. The number of benzene rings is 1. The van der Waals surface area contributed by atoms with Gasteiger partial charge in [0.1, 0.15) is 5.69 Å². The molecule has 28 heavy (non-hydrogen) atoms. The third-order valence-corrected chi connectivity index (χ3v) is 5.37. The van der Waals surface area contributed by atoms with Crippen molar-refractivity contribution in [2.24, 2.45) is 0 Å². The van der Waals surface area contributed by atoms with E-state index in [2.05, 4.69) is 15.0 Å². The Hall–Kier alpha value is -2.85. The highest BCUT2D eigenvalue weighted by atomic mass is 32.2. The Morgan fingerprint density at radius 3 is 2.79 bits per heavy atom. The minimum absolute atomic E-state index is 0.0473. The lowest BCUT2D eigenvalue weighted by molar-refractivity contribution is -0.116. The molecule has 9 nitrogen and oxygen atoms in total. The van der Waals surface area contributed by atoms with Crippen molar-refractivity contribution in [1.82, 2.24) is 9.71 Å². The van der Waals surface area contributed by atoms with Crippen LogP contribution in [0.1, 0.15) is 12.8 Å². The monoisotopic (exact) mass is 407 g/mol. The molecule has 0 spiro atoms. The van der Waals surface area contributed by atoms with Crippen LogP contribution in [0.15, 0.2) is 41.4 Å². The molecule has 0 aliphatic carbocycles. The predicted molar refractivity (Wildman–Crippen MR) is 101 cm³/mol. The van der Waals surface area contributed by atoms with E-state index in [1.807, 2.05) is 0 Å². The molecule has 0 saturated carbocycles. The van der Waals surface area contributed by atoms with Crippen molar-refractivity contribution < 1.29 is 27.4 Å². The van der Waals surface area contributed by atoms with Gasteiger partial charge >= 0.3 is 0 Å². The summed E-state index contributed by atoms with van der Waals surface area (Å²) in [5.74, 6) is 0.819. The lowest BCUT2D eigenvalue weighted by Gasteiger charge is -2.11. The van der Waals surface area contributed by atoms with Gasteiger partial charge in [0, 0.05) is 31.6 Å². The second kappa shape index (κ2) is 8.89. The zero-order chi connectivity index (χ0) is 20.0. The van der Waals surface area contributed by atoms with E-state index in [-0.39, 0.29) is 29.6 Å². The lowest BCUT2D eigenvalue weighted by atomic mass is 10.3. The number of nitrogens with one attached hydrogen (secondary N) is 2. The third-order valence-electron chi connectivity index (χ3n) is 3.91. The molecule has 2 N–H and O–H groups in total. The number of pyridine rings is 1. The molecule has 0 saturated heterocycles. The standard InChI is InChI=1S/C18H21N3O6S/c1-25-18-14(4-2-8-19-18)21-17(22)7-9-20-28(23,24)13-5-6-15-16(12-13)27-11-3-10-26-15/h2,4-6,8,12,20H,3,7,9-11H2,1H3,(H,21,22). The quantitative estimate of drug-likeness (QED) is 0.715. The first-order valence-electron chi connectivity index (χ1n) is 8.68. The van der Waals surface area contributed by atoms with Gasteiger partial charge in [-0.2, -0.15) is 0 Å². The summed E-state index contributed by atoms with van der Waals surface area (Å²) in [4.78, 5) is 16.1. The summed E-state index contributed by atoms with van der Waals surface area (Å²) in [6.45, 7) is 0.918. The fourth-order valence-corrected chi connectivity index (χ4v) is 3.60. The Labute approximate surface area is 163 Å². The number of carbonyl (C=O) groups is 1. The molecule has 0 fully saturated rings. The van der Waals surface area contributed by atoms with Gasteiger partial charge in [0.15, 0.2) is 11.5 Å². The van der Waals surface area contributed by atoms with Gasteiger partial charge in [0.2, 0.25) is 21.8 Å². The van der Waals surface area contributed by atoms with Gasteiger partial charge in [-0.25, -0.2) is 18.1 Å². The van der Waals surface area contributed by atoms with Crippen LogP contribution in [0.4, 0.5) is 5.69 Å². The van der Waals surface area contributed by atoms with E-state index in [9.17, 15) is 13.2 Å². The van der Waals surface area contributed by atoms with Gasteiger partial charge in [-0.05, 0) is 24.3 Å². The number of sulfonamides is 1. The zero-order valence-corrected chi connectivity index (χ0v) is 16.1. The van der Waals surface area contributed by atoms with Crippen LogP contribution in [0.2, 0.25) is 0 Å². The molecule has 2 heterocycles. The van der Waals surface area contributed by atoms with Crippen molar-refractivity contribution >= 4 is 21.6 Å². The molecule has 3 rings (SSSR count). The second-order valence-corrected chi connectivity index (χ2v) is 7.68. The van der Waals surface area contributed by atoms with E-state index in [0.717, 1.165) is 6.42 Å². The topological polar surface area (TPSA) is 116 Å². The number of methoxy groups -OCH3 is 1. The van der Waals surface area contributed by atoms with E-state index < -0.39 is 10.0 Å². The highest BCUT2D eigenvalue weighted by Crippen LogP contribution is 2.31. The summed E-state index contributed by atoms with van der Waals surface area (Å²) >= 11 is 0. The van der Waals surface area contributed by atoms with Gasteiger partial charge in [-0.15, -0.1) is 0 Å². The van der Waals surface area contributed by atoms with Crippen LogP contribution in [0.5, 0.6) is 17.4 Å². The molecule has 1 aliphatic rings. The van der Waals surface area contributed by atoms with Gasteiger partial charge in [0.25, 0.3) is 0 Å². The highest BCUT2D eigenvalue weighted by Gasteiger charge is 2.19. The number of carbonyl (C=O) groups excluding carboxylic acids is 1. The predicted octanol–water partition coefficient (Wildman–Crippen LogP) is 1.56. The summed E-state index contributed by atoms with van der Waals surface area (Å²) in [7, 11) is -2.34. The lowest BCUT2D eigenvalue weighted by Crippen LogP contribution is -2.28. The van der Waals surface area contributed by atoms with Crippen LogP contribution in [0.25, 0.3) is 0 Å². The molecule has 0 unspecified atom stereocenters. The summed E-state index contributed by atoms with van der Waals surface area (Å²) in [6, 6.07) is 7.73. The number of amides is 1. The van der Waals surface area contributed by atoms with E-state index in [1.165, 1.54) is 25.4 Å². The molecule has 1 aliphatic heterocycles. The van der Waals surface area contributed by atoms with Gasteiger partial charge < -0.3 is 19.5 Å². The average Bonchev–Trinajstić information content (AvgIpc) is 2.93. The van der Waals surface area contributed by atoms with Crippen molar-refractivity contribution in [3.8, 4) is 17.4 Å². The first-order chi connectivity index (χ1) is 13.5. The largest absolute Gasteiger partial charge is 0.490 e. The second-order valence-electron chi connectivity index (χ2n) is 5.92. The minimum atomic E-state index is -3.79. The van der Waals surface area contributed by atoms with Crippen LogP contribution in [0.3, 0.4) is 0 Å². The number of hydrogen-bond acceptors (Lipinski definition) is 7. The van der Waals surface area contributed by atoms with Crippen molar-refractivity contribution in [2.75, 3.05) is 32.2 Å². The van der Waals surface area contributed by atoms with Crippen molar-refractivity contribution in [2.45, 2.75) is 17.7 Å². The number of ether oxygens (including phenoxy) is 3. The average molecular weight is 407 g/mol. The molecule has 2 aromatic rings. The summed E-state index contributed by atoms with van der Waals surface area (Å²) in [5.41, 5.74) is 0.417. The maximum absolute atomic E-state index is 12.5. The van der Waals surface area contributed by atoms with Crippen LogP contribution in [-0.4, -0.2) is 46.2 Å². The molecule has 0 radical (unpaired) electrons. The summed E-state index contributed by atoms with van der Waals surface area (Å²) in [5, 5.41) is 2.64. The van der Waals surface area contributed by atoms with Gasteiger partial charge in [-0.1, -0.05) is 0 Å². The zero-order valence-electron chi connectivity index (χ0n) is 15.3. The normalized spacial score (nSPS) is 13.5. The van der Waals surface area contributed by atoms with E-state index in [0.29, 0.717) is 30.4 Å². The molecule has 0 bridgehead atoms. The number of aromatic nitrogens is 1. The first-order valence-corrected chi connectivity index (χ1v) is 10.2. The smallest absolute Gasteiger partial charge is 0.240 e. The Morgan fingerprint density at radius 2 is 2.00 bits per heavy atom. The molecule has 150 valence electrons. The Morgan fingerprint density at radius 1 is 1.21 bits per heavy atom. The van der Waals surface area contributed by atoms with Crippen LogP contribution in [0, 0.1) is 0 Å². The highest BCUT2D eigenvalue weighted by molar-refractivity contribution is 7.89. The Kier molecular flexibility index (Phi) is 6.32. The molecular formula is C18H21N3O6S. The molecular weight excluding hydrogens is 386 g/mol. The number of rotatable bonds is 7. The number of anilines is 1. The Balaban J connectivity index is 1.58. The van der Waals surface area contributed by atoms with Crippen molar-refractivity contribution in [3.63, 3.8) is 0 Å². The summed E-state index contributed by atoms with van der Waals surface area (Å²) < 4.78 is 43.4. The van der Waals surface area contributed by atoms with E-state index >= 15 is 0 Å². The molecule has 1 aromatic heterocycles. The van der Waals surface area contributed by atoms with Gasteiger partial charge in [0.05, 0.1) is 25.2 Å². The van der Waals surface area contributed by atoms with Gasteiger partial charge in [-0.3, -0.25) is 4.79 Å². The molecule has 0 atom stereocenters. The number of nitrogens with zero attached hydrogens (tertiary/aromatic N) is 1. The van der Waals surface area contributed by atoms with Crippen molar-refractivity contribution in [1.29, 1.82) is 0 Å². The van der Waals surface area contributed by atoms with Crippen LogP contribution in [-0.2, 0) is 14.8 Å². The van der Waals surface area contributed by atoms with E-state index in [1.54, 1.807) is 18.2 Å². The van der Waals surface area contributed by atoms with Crippen LogP contribution < -0.4 is 24.2 Å². The maximum Gasteiger partial charge on any atom is 0.240 e. The SMILES string of the molecule is COc1ncccc1NC(=O)CCNS(=O)(=O)c1ccc2c(c1)OCCCO2. The van der Waals surface area contributed by atoms with Crippen LogP contribution >= 0.6 is 0 Å². The number of hydrogen-bond donors (Lipinski definition) is 2. The molecule has 1 aromatic carbocycles. The molecule has 1 amide bonds. The maximum atomic E-state index is 12.5. The Bertz CT molecular complexity index is 948. The molecule has 10 heteroatoms. The van der Waals surface area contributed by atoms with E-state index in [4.69, 9.17) is 14.2 Å². The fourth-order valence-electron chi connectivity index (χ4n) is 2.55. The first kappa shape index (κ1) is 19.9. The third kappa shape index (κ3) is 4.90. The summed E-state index contributed by atoms with van der Waals surface area (Å²) in [6.07, 6.45) is 2.21. The number of fused-ring (bicyclic) bond motifs is 1. The minimum Gasteiger partial charge on any atom is -0.490 e.